The summed E-state index contributed by atoms with van der Waals surface area (Å²) >= 11 is 0. The van der Waals surface area contributed by atoms with Crippen LogP contribution in [0, 0.1) is 5.92 Å². The van der Waals surface area contributed by atoms with Crippen LogP contribution in [0.15, 0.2) is 47.6 Å². The van der Waals surface area contributed by atoms with Crippen LogP contribution in [0.3, 0.4) is 0 Å². The van der Waals surface area contributed by atoms with Gasteiger partial charge in [-0.3, -0.25) is 0 Å². The van der Waals surface area contributed by atoms with E-state index in [1.54, 1.807) is 32.9 Å². The number of aliphatic hydroxyl groups is 2. The monoisotopic (exact) mass is 362 g/mol. The minimum Gasteiger partial charge on any atom is -0.458 e. The molecule has 0 aromatic heterocycles. The van der Waals surface area contributed by atoms with Crippen LogP contribution in [0.2, 0.25) is 0 Å². The van der Waals surface area contributed by atoms with Crippen LogP contribution in [0.1, 0.15) is 33.6 Å². The predicted octanol–water partition coefficient (Wildman–Crippen LogP) is 1.98. The van der Waals surface area contributed by atoms with Crippen molar-refractivity contribution in [3.05, 3.63) is 47.6 Å². The summed E-state index contributed by atoms with van der Waals surface area (Å²) in [5, 5.41) is 20.5. The fraction of sp³-hybridized carbons (Fsp3) is 0.500. The van der Waals surface area contributed by atoms with Gasteiger partial charge in [0.1, 0.15) is 12.2 Å². The molecule has 2 rings (SSSR count). The zero-order chi connectivity index (χ0) is 19.6. The summed E-state index contributed by atoms with van der Waals surface area (Å²) in [6.07, 6.45) is 0.173. The Kier molecular flexibility index (Phi) is 6.21. The first-order valence-corrected chi connectivity index (χ1v) is 8.61. The van der Waals surface area contributed by atoms with Gasteiger partial charge in [0.25, 0.3) is 0 Å². The fourth-order valence-corrected chi connectivity index (χ4v) is 3.10. The van der Waals surface area contributed by atoms with Crippen molar-refractivity contribution in [2.45, 2.75) is 58.0 Å². The van der Waals surface area contributed by atoms with Gasteiger partial charge < -0.3 is 19.7 Å². The summed E-state index contributed by atoms with van der Waals surface area (Å²) in [6, 6.07) is 0. The van der Waals surface area contributed by atoms with Crippen molar-refractivity contribution in [1.82, 2.24) is 0 Å². The SMILES string of the molecule is C=C1CC(OC(=O)/C(C)=C/C)C2C(=C)C(=O)OC2/C=C(/C)C(O)CC1O. The molecule has 0 radical (unpaired) electrons. The van der Waals surface area contributed by atoms with Crippen LogP contribution in [0.25, 0.3) is 0 Å². The summed E-state index contributed by atoms with van der Waals surface area (Å²) in [4.78, 5) is 24.3. The van der Waals surface area contributed by atoms with E-state index in [0.717, 1.165) is 0 Å². The summed E-state index contributed by atoms with van der Waals surface area (Å²) < 4.78 is 11.0. The molecule has 6 heteroatoms. The average molecular weight is 362 g/mol. The van der Waals surface area contributed by atoms with Crippen molar-refractivity contribution in [2.75, 3.05) is 0 Å². The molecule has 0 saturated carbocycles. The van der Waals surface area contributed by atoms with Gasteiger partial charge in [-0.25, -0.2) is 9.59 Å². The smallest absolute Gasteiger partial charge is 0.334 e. The predicted molar refractivity (Wildman–Crippen MR) is 96.0 cm³/mol. The third kappa shape index (κ3) is 4.14. The van der Waals surface area contributed by atoms with Crippen molar-refractivity contribution in [2.24, 2.45) is 5.92 Å². The highest BCUT2D eigenvalue weighted by Gasteiger charge is 2.45. The van der Waals surface area contributed by atoms with Crippen molar-refractivity contribution >= 4 is 11.9 Å². The lowest BCUT2D eigenvalue weighted by atomic mass is 9.83. The second-order valence-corrected chi connectivity index (χ2v) is 6.88. The number of allylic oxidation sites excluding steroid dienone is 1. The molecule has 1 saturated heterocycles. The Morgan fingerprint density at radius 3 is 2.62 bits per heavy atom. The highest BCUT2D eigenvalue weighted by Crippen LogP contribution is 2.37. The zero-order valence-electron chi connectivity index (χ0n) is 15.4. The number of aliphatic hydroxyl groups excluding tert-OH is 2. The van der Waals surface area contributed by atoms with Crippen LogP contribution >= 0.6 is 0 Å². The number of ether oxygens (including phenoxy) is 2. The Bertz CT molecular complexity index is 686. The summed E-state index contributed by atoms with van der Waals surface area (Å²) in [5.74, 6) is -1.68. The summed E-state index contributed by atoms with van der Waals surface area (Å²) in [5.41, 5.74) is 1.61. The molecule has 0 aromatic carbocycles. The van der Waals surface area contributed by atoms with Gasteiger partial charge in [-0.2, -0.15) is 0 Å². The van der Waals surface area contributed by atoms with Gasteiger partial charge in [-0.15, -0.1) is 0 Å². The van der Waals surface area contributed by atoms with Crippen molar-refractivity contribution in [3.63, 3.8) is 0 Å². The second-order valence-electron chi connectivity index (χ2n) is 6.88. The molecule has 2 N–H and O–H groups in total. The first kappa shape index (κ1) is 20.1. The Balaban J connectivity index is 2.45. The average Bonchev–Trinajstić information content (AvgIpc) is 2.86. The lowest BCUT2D eigenvalue weighted by Gasteiger charge is -2.30. The quantitative estimate of drug-likeness (QED) is 0.443. The normalized spacial score (nSPS) is 35.3. The third-order valence-corrected chi connectivity index (χ3v) is 5.01. The minimum absolute atomic E-state index is 0.0714. The van der Waals surface area contributed by atoms with Crippen molar-refractivity contribution in [3.8, 4) is 0 Å². The van der Waals surface area contributed by atoms with E-state index >= 15 is 0 Å². The van der Waals surface area contributed by atoms with E-state index in [2.05, 4.69) is 13.2 Å². The molecule has 142 valence electrons. The molecule has 26 heavy (non-hydrogen) atoms. The number of esters is 2. The lowest BCUT2D eigenvalue weighted by Crippen LogP contribution is -2.36. The van der Waals surface area contributed by atoms with Crippen molar-refractivity contribution in [1.29, 1.82) is 0 Å². The van der Waals surface area contributed by atoms with E-state index < -0.39 is 42.3 Å². The zero-order valence-corrected chi connectivity index (χ0v) is 15.4. The number of rotatable bonds is 2. The largest absolute Gasteiger partial charge is 0.458 e. The molecule has 1 aliphatic carbocycles. The van der Waals surface area contributed by atoms with Crippen LogP contribution in [0.5, 0.6) is 0 Å². The highest BCUT2D eigenvalue weighted by molar-refractivity contribution is 5.92. The topological polar surface area (TPSA) is 93.1 Å². The molecular formula is C20H26O6. The van der Waals surface area contributed by atoms with Crippen LogP contribution in [-0.2, 0) is 19.1 Å². The Morgan fingerprint density at radius 2 is 2.00 bits per heavy atom. The van der Waals surface area contributed by atoms with E-state index in [1.165, 1.54) is 0 Å². The van der Waals surface area contributed by atoms with Crippen LogP contribution in [-0.4, -0.2) is 46.6 Å². The number of carbonyl (C=O) groups is 2. The molecule has 1 fully saturated rings. The summed E-state index contributed by atoms with van der Waals surface area (Å²) in [7, 11) is 0. The molecule has 0 aromatic rings. The molecule has 0 spiro atoms. The maximum Gasteiger partial charge on any atom is 0.334 e. The van der Waals surface area contributed by atoms with Gasteiger partial charge in [0.15, 0.2) is 0 Å². The molecule has 0 amide bonds. The standard InChI is InChI=1S/C20H26O6/c1-6-10(2)19(23)25-16-7-11(3)14(21)9-15(22)12(4)8-17-18(16)13(5)20(24)26-17/h6,8,14-18,21-22H,3,5,7,9H2,1-2,4H3/b10-6+,12-8-. The second kappa shape index (κ2) is 8.01. The van der Waals surface area contributed by atoms with Crippen LogP contribution < -0.4 is 0 Å². The Hall–Kier alpha value is -2.18. The maximum atomic E-state index is 12.3. The minimum atomic E-state index is -0.958. The molecule has 0 bridgehead atoms. The maximum absolute atomic E-state index is 12.3. The molecule has 1 heterocycles. The first-order chi connectivity index (χ1) is 12.1. The first-order valence-electron chi connectivity index (χ1n) is 8.61. The van der Waals surface area contributed by atoms with E-state index in [-0.39, 0.29) is 18.4 Å². The van der Waals surface area contributed by atoms with Gasteiger partial charge >= 0.3 is 11.9 Å². The molecule has 5 unspecified atom stereocenters. The summed E-state index contributed by atoms with van der Waals surface area (Å²) in [6.45, 7) is 12.7. The number of carbonyl (C=O) groups excluding carboxylic acids is 2. The number of fused-ring (bicyclic) bond motifs is 1. The van der Waals surface area contributed by atoms with Gasteiger partial charge in [0, 0.05) is 24.0 Å². The molecule has 5 atom stereocenters. The molecule has 2 aliphatic rings. The molecular weight excluding hydrogens is 336 g/mol. The van der Waals surface area contributed by atoms with Gasteiger partial charge in [-0.1, -0.05) is 19.2 Å². The van der Waals surface area contributed by atoms with E-state index in [4.69, 9.17) is 9.47 Å². The van der Waals surface area contributed by atoms with Gasteiger partial charge in [0.2, 0.25) is 0 Å². The van der Waals surface area contributed by atoms with Crippen LogP contribution in [0.4, 0.5) is 0 Å². The Labute approximate surface area is 153 Å². The molecule has 6 nitrogen and oxygen atoms in total. The van der Waals surface area contributed by atoms with Crippen molar-refractivity contribution < 1.29 is 29.3 Å². The highest BCUT2D eigenvalue weighted by atomic mass is 16.6. The number of hydrogen-bond donors (Lipinski definition) is 2. The van der Waals surface area contributed by atoms with E-state index in [9.17, 15) is 19.8 Å². The Morgan fingerprint density at radius 1 is 1.35 bits per heavy atom. The van der Waals surface area contributed by atoms with E-state index in [1.807, 2.05) is 0 Å². The van der Waals surface area contributed by atoms with Gasteiger partial charge in [-0.05, 0) is 38.0 Å². The van der Waals surface area contributed by atoms with Gasteiger partial charge in [0.05, 0.1) is 18.1 Å². The third-order valence-electron chi connectivity index (χ3n) is 5.01. The lowest BCUT2D eigenvalue weighted by molar-refractivity contribution is -0.147. The molecule has 1 aliphatic heterocycles. The fourth-order valence-electron chi connectivity index (χ4n) is 3.10. The number of hydrogen-bond acceptors (Lipinski definition) is 6. The van der Waals surface area contributed by atoms with E-state index in [0.29, 0.717) is 16.7 Å².